The third-order valence-electron chi connectivity index (χ3n) is 4.25. The van der Waals surface area contributed by atoms with Gasteiger partial charge in [-0.15, -0.1) is 0 Å². The van der Waals surface area contributed by atoms with Crippen LogP contribution in [0.25, 0.3) is 0 Å². The monoisotopic (exact) mass is 334 g/mol. The van der Waals surface area contributed by atoms with E-state index in [1.165, 1.54) is 0 Å². The summed E-state index contributed by atoms with van der Waals surface area (Å²) in [7, 11) is 3.28. The molecule has 0 bridgehead atoms. The molecule has 6 heteroatoms. The van der Waals surface area contributed by atoms with Crippen molar-refractivity contribution in [3.8, 4) is 5.75 Å². The number of rotatable bonds is 9. The van der Waals surface area contributed by atoms with Crippen molar-refractivity contribution in [2.24, 2.45) is 5.92 Å². The predicted octanol–water partition coefficient (Wildman–Crippen LogP) is 1.24. The van der Waals surface area contributed by atoms with E-state index in [4.69, 9.17) is 9.47 Å². The Kier molecular flexibility index (Phi) is 7.06. The number of likely N-dealkylation sites (tertiary alicyclic amines) is 1. The van der Waals surface area contributed by atoms with Gasteiger partial charge in [0.2, 0.25) is 11.8 Å². The van der Waals surface area contributed by atoms with Crippen molar-refractivity contribution in [2.45, 2.75) is 19.3 Å². The van der Waals surface area contributed by atoms with E-state index in [2.05, 4.69) is 5.32 Å². The van der Waals surface area contributed by atoms with E-state index in [0.29, 0.717) is 39.1 Å². The highest BCUT2D eigenvalue weighted by molar-refractivity contribution is 5.89. The molecule has 1 N–H and O–H groups in total. The van der Waals surface area contributed by atoms with Crippen LogP contribution in [0.15, 0.2) is 24.3 Å². The summed E-state index contributed by atoms with van der Waals surface area (Å²) in [6, 6.07) is 7.77. The number of nitrogens with one attached hydrogen (secondary N) is 1. The van der Waals surface area contributed by atoms with Gasteiger partial charge < -0.3 is 19.7 Å². The smallest absolute Gasteiger partial charge is 0.225 e. The van der Waals surface area contributed by atoms with Crippen LogP contribution in [0.4, 0.5) is 0 Å². The summed E-state index contributed by atoms with van der Waals surface area (Å²) in [5, 5.41) is 2.93. The highest BCUT2D eigenvalue weighted by Gasteiger charge is 2.33. The number of amides is 2. The molecule has 1 aromatic carbocycles. The molecule has 2 amide bonds. The van der Waals surface area contributed by atoms with Gasteiger partial charge in [-0.2, -0.15) is 0 Å². The number of benzene rings is 1. The van der Waals surface area contributed by atoms with Crippen molar-refractivity contribution in [1.82, 2.24) is 10.2 Å². The summed E-state index contributed by atoms with van der Waals surface area (Å²) >= 11 is 0. The lowest BCUT2D eigenvalue weighted by molar-refractivity contribution is -0.129. The topological polar surface area (TPSA) is 67.9 Å². The van der Waals surface area contributed by atoms with Crippen LogP contribution in [0.2, 0.25) is 0 Å². The fourth-order valence-electron chi connectivity index (χ4n) is 2.94. The van der Waals surface area contributed by atoms with Gasteiger partial charge in [-0.25, -0.2) is 0 Å². The molecule has 0 spiro atoms. The Labute approximate surface area is 143 Å². The lowest BCUT2D eigenvalue weighted by atomic mass is 10.1. The number of carbonyl (C=O) groups excluding carboxylic acids is 2. The summed E-state index contributed by atoms with van der Waals surface area (Å²) in [6.45, 7) is 2.31. The number of ether oxygens (including phenoxy) is 2. The summed E-state index contributed by atoms with van der Waals surface area (Å²) < 4.78 is 10.3. The number of hydrogen-bond donors (Lipinski definition) is 1. The Morgan fingerprint density at radius 3 is 2.88 bits per heavy atom. The van der Waals surface area contributed by atoms with Crippen molar-refractivity contribution < 1.29 is 19.1 Å². The van der Waals surface area contributed by atoms with Gasteiger partial charge in [0.05, 0.1) is 13.0 Å². The Balaban J connectivity index is 1.76. The van der Waals surface area contributed by atoms with E-state index in [0.717, 1.165) is 17.7 Å². The van der Waals surface area contributed by atoms with Gasteiger partial charge >= 0.3 is 0 Å². The van der Waals surface area contributed by atoms with Crippen LogP contribution in [0.3, 0.4) is 0 Å². The van der Waals surface area contributed by atoms with Crippen LogP contribution in [-0.2, 0) is 20.7 Å². The zero-order valence-corrected chi connectivity index (χ0v) is 14.4. The minimum atomic E-state index is -0.252. The van der Waals surface area contributed by atoms with E-state index in [1.807, 2.05) is 24.3 Å². The van der Waals surface area contributed by atoms with Gasteiger partial charge in [-0.05, 0) is 24.5 Å². The molecule has 0 aromatic heterocycles. The molecule has 1 atom stereocenters. The second kappa shape index (κ2) is 9.27. The standard InChI is InChI=1S/C18H26N2O4/c1-23-11-5-10-20-13-15(12-17(20)21)18(22)19-9-8-14-6-3-4-7-16(14)24-2/h3-4,6-7,15H,5,8-13H2,1-2H3,(H,19,22). The van der Waals surface area contributed by atoms with Gasteiger partial charge in [-0.1, -0.05) is 18.2 Å². The third kappa shape index (κ3) is 4.96. The Bertz CT molecular complexity index is 562. The zero-order chi connectivity index (χ0) is 17.4. The van der Waals surface area contributed by atoms with Crippen molar-refractivity contribution in [3.63, 3.8) is 0 Å². The number of methoxy groups -OCH3 is 2. The molecule has 1 heterocycles. The third-order valence-corrected chi connectivity index (χ3v) is 4.25. The Morgan fingerprint density at radius 1 is 1.33 bits per heavy atom. The molecule has 1 fully saturated rings. The SMILES string of the molecule is COCCCN1CC(C(=O)NCCc2ccccc2OC)CC1=O. The molecule has 0 aliphatic carbocycles. The molecule has 1 aliphatic rings. The minimum absolute atomic E-state index is 0.0486. The fourth-order valence-corrected chi connectivity index (χ4v) is 2.94. The van der Waals surface area contributed by atoms with E-state index >= 15 is 0 Å². The normalized spacial score (nSPS) is 17.2. The first-order valence-corrected chi connectivity index (χ1v) is 8.32. The second-order valence-electron chi connectivity index (χ2n) is 5.94. The molecule has 1 unspecified atom stereocenters. The van der Waals surface area contributed by atoms with Crippen LogP contribution >= 0.6 is 0 Å². The fraction of sp³-hybridized carbons (Fsp3) is 0.556. The van der Waals surface area contributed by atoms with Crippen molar-refractivity contribution >= 4 is 11.8 Å². The maximum atomic E-state index is 12.3. The molecule has 1 aromatic rings. The maximum absolute atomic E-state index is 12.3. The van der Waals surface area contributed by atoms with E-state index < -0.39 is 0 Å². The predicted molar refractivity (Wildman–Crippen MR) is 90.9 cm³/mol. The van der Waals surface area contributed by atoms with Crippen LogP contribution in [0, 0.1) is 5.92 Å². The highest BCUT2D eigenvalue weighted by Crippen LogP contribution is 2.19. The van der Waals surface area contributed by atoms with Crippen molar-refractivity contribution in [3.05, 3.63) is 29.8 Å². The summed E-state index contributed by atoms with van der Waals surface area (Å²) in [5.74, 6) is 0.577. The van der Waals surface area contributed by atoms with Crippen LogP contribution in [0.5, 0.6) is 5.75 Å². The molecule has 2 rings (SSSR count). The summed E-state index contributed by atoms with van der Waals surface area (Å²) in [4.78, 5) is 26.0. The van der Waals surface area contributed by atoms with E-state index in [9.17, 15) is 9.59 Å². The number of nitrogens with zero attached hydrogens (tertiary/aromatic N) is 1. The lowest BCUT2D eigenvalue weighted by Gasteiger charge is -2.16. The molecule has 24 heavy (non-hydrogen) atoms. The first-order chi connectivity index (χ1) is 11.7. The Morgan fingerprint density at radius 2 is 2.12 bits per heavy atom. The van der Waals surface area contributed by atoms with Crippen LogP contribution in [0.1, 0.15) is 18.4 Å². The van der Waals surface area contributed by atoms with E-state index in [-0.39, 0.29) is 17.7 Å². The van der Waals surface area contributed by atoms with Crippen molar-refractivity contribution in [1.29, 1.82) is 0 Å². The number of para-hydroxylation sites is 1. The van der Waals surface area contributed by atoms with Gasteiger partial charge in [0, 0.05) is 39.8 Å². The second-order valence-corrected chi connectivity index (χ2v) is 5.94. The highest BCUT2D eigenvalue weighted by atomic mass is 16.5. The molecule has 0 radical (unpaired) electrons. The number of hydrogen-bond acceptors (Lipinski definition) is 4. The first kappa shape index (κ1) is 18.3. The van der Waals surface area contributed by atoms with Gasteiger partial charge in [0.1, 0.15) is 5.75 Å². The van der Waals surface area contributed by atoms with Gasteiger partial charge in [-0.3, -0.25) is 9.59 Å². The Hall–Kier alpha value is -2.08. The maximum Gasteiger partial charge on any atom is 0.225 e. The van der Waals surface area contributed by atoms with E-state index in [1.54, 1.807) is 19.1 Å². The molecule has 6 nitrogen and oxygen atoms in total. The van der Waals surface area contributed by atoms with Gasteiger partial charge in [0.25, 0.3) is 0 Å². The van der Waals surface area contributed by atoms with Crippen LogP contribution < -0.4 is 10.1 Å². The van der Waals surface area contributed by atoms with Crippen LogP contribution in [-0.4, -0.2) is 57.2 Å². The average molecular weight is 334 g/mol. The molecule has 132 valence electrons. The number of carbonyl (C=O) groups is 2. The van der Waals surface area contributed by atoms with Gasteiger partial charge in [0.15, 0.2) is 0 Å². The minimum Gasteiger partial charge on any atom is -0.496 e. The summed E-state index contributed by atoms with van der Waals surface area (Å²) in [6.07, 6.45) is 1.80. The average Bonchev–Trinajstić information content (AvgIpc) is 2.96. The molecular formula is C18H26N2O4. The summed E-state index contributed by atoms with van der Waals surface area (Å²) in [5.41, 5.74) is 1.06. The first-order valence-electron chi connectivity index (χ1n) is 8.32. The molecule has 1 saturated heterocycles. The zero-order valence-electron chi connectivity index (χ0n) is 14.4. The lowest BCUT2D eigenvalue weighted by Crippen LogP contribution is -2.34. The molecular weight excluding hydrogens is 308 g/mol. The largest absolute Gasteiger partial charge is 0.496 e. The molecule has 0 saturated carbocycles. The quantitative estimate of drug-likeness (QED) is 0.690. The molecule has 1 aliphatic heterocycles. The van der Waals surface area contributed by atoms with Crippen molar-refractivity contribution in [2.75, 3.05) is 40.5 Å².